The Balaban J connectivity index is 1.78. The molecule has 2 aliphatic rings. The van der Waals surface area contributed by atoms with E-state index in [-0.39, 0.29) is 5.91 Å². The summed E-state index contributed by atoms with van der Waals surface area (Å²) in [5, 5.41) is 3.25. The highest BCUT2D eigenvalue weighted by Crippen LogP contribution is 2.21. The Morgan fingerprint density at radius 3 is 2.62 bits per heavy atom. The predicted octanol–water partition coefficient (Wildman–Crippen LogP) is 0.790. The van der Waals surface area contributed by atoms with E-state index in [1.165, 1.54) is 38.8 Å². The highest BCUT2D eigenvalue weighted by atomic mass is 16.1. The Morgan fingerprint density at radius 2 is 2.00 bits per heavy atom. The van der Waals surface area contributed by atoms with Crippen molar-refractivity contribution in [2.45, 2.75) is 57.5 Å². The molecule has 122 valence electrons. The largest absolute Gasteiger partial charge is 0.368 e. The van der Waals surface area contributed by atoms with Crippen LogP contribution in [0.3, 0.4) is 0 Å². The lowest BCUT2D eigenvalue weighted by Gasteiger charge is -2.33. The molecule has 0 spiro atoms. The van der Waals surface area contributed by atoms with Crippen molar-refractivity contribution in [1.82, 2.24) is 15.1 Å². The van der Waals surface area contributed by atoms with Crippen LogP contribution in [0.25, 0.3) is 0 Å². The van der Waals surface area contributed by atoms with Gasteiger partial charge in [0.15, 0.2) is 0 Å². The molecule has 0 aromatic heterocycles. The van der Waals surface area contributed by atoms with E-state index in [0.29, 0.717) is 0 Å². The molecule has 0 bridgehead atoms. The van der Waals surface area contributed by atoms with Gasteiger partial charge in [-0.1, -0.05) is 13.3 Å². The first-order chi connectivity index (χ1) is 10.0. The van der Waals surface area contributed by atoms with Crippen molar-refractivity contribution in [3.05, 3.63) is 0 Å². The number of carbonyl (C=O) groups excluding carboxylic acids is 1. The Labute approximate surface area is 129 Å². The number of nitrogens with one attached hydrogen (secondary N) is 1. The molecule has 0 aromatic carbocycles. The van der Waals surface area contributed by atoms with Crippen LogP contribution >= 0.6 is 0 Å². The Morgan fingerprint density at radius 1 is 1.29 bits per heavy atom. The molecule has 0 aromatic rings. The van der Waals surface area contributed by atoms with Gasteiger partial charge in [0, 0.05) is 19.1 Å². The van der Waals surface area contributed by atoms with Crippen molar-refractivity contribution in [2.75, 3.05) is 39.3 Å². The highest BCUT2D eigenvalue weighted by Gasteiger charge is 2.33. The summed E-state index contributed by atoms with van der Waals surface area (Å²) in [5.41, 5.74) is 4.99. The zero-order chi connectivity index (χ0) is 15.3. The van der Waals surface area contributed by atoms with Gasteiger partial charge < -0.3 is 16.0 Å². The highest BCUT2D eigenvalue weighted by molar-refractivity contribution is 5.84. The van der Waals surface area contributed by atoms with Gasteiger partial charge in [0.2, 0.25) is 5.91 Å². The number of likely N-dealkylation sites (N-methyl/N-ethyl adjacent to an activating group) is 1. The van der Waals surface area contributed by atoms with E-state index >= 15 is 0 Å². The van der Waals surface area contributed by atoms with Crippen molar-refractivity contribution in [2.24, 2.45) is 5.73 Å². The second-order valence-corrected chi connectivity index (χ2v) is 6.82. The summed E-state index contributed by atoms with van der Waals surface area (Å²) in [4.78, 5) is 16.8. The lowest BCUT2D eigenvalue weighted by atomic mass is 9.96. The van der Waals surface area contributed by atoms with Gasteiger partial charge in [-0.2, -0.15) is 0 Å². The number of nitrogens with zero attached hydrogens (tertiary/aromatic N) is 2. The molecule has 5 heteroatoms. The normalized spacial score (nSPS) is 27.6. The van der Waals surface area contributed by atoms with E-state index in [2.05, 4.69) is 15.1 Å². The number of piperidine rings is 1. The molecule has 3 N–H and O–H groups in total. The zero-order valence-corrected chi connectivity index (χ0v) is 13.7. The van der Waals surface area contributed by atoms with Gasteiger partial charge in [-0.15, -0.1) is 0 Å². The number of hydrogen-bond acceptors (Lipinski definition) is 4. The van der Waals surface area contributed by atoms with Crippen LogP contribution in [0.15, 0.2) is 0 Å². The molecule has 0 radical (unpaired) electrons. The summed E-state index contributed by atoms with van der Waals surface area (Å²) in [6, 6.07) is 0.726. The monoisotopic (exact) mass is 296 g/mol. The minimum Gasteiger partial charge on any atom is -0.368 e. The van der Waals surface area contributed by atoms with Gasteiger partial charge in [-0.25, -0.2) is 0 Å². The Kier molecular flexibility index (Phi) is 6.02. The number of carbonyl (C=O) groups is 1. The van der Waals surface area contributed by atoms with Gasteiger partial charge in [0.25, 0.3) is 0 Å². The van der Waals surface area contributed by atoms with E-state index in [9.17, 15) is 4.79 Å². The first-order valence-corrected chi connectivity index (χ1v) is 8.56. The fourth-order valence-electron chi connectivity index (χ4n) is 3.67. The topological polar surface area (TPSA) is 61.6 Å². The number of amides is 1. The third kappa shape index (κ3) is 4.41. The van der Waals surface area contributed by atoms with Gasteiger partial charge >= 0.3 is 0 Å². The summed E-state index contributed by atoms with van der Waals surface area (Å²) >= 11 is 0. The zero-order valence-electron chi connectivity index (χ0n) is 13.7. The maximum atomic E-state index is 11.7. The molecular weight excluding hydrogens is 264 g/mol. The van der Waals surface area contributed by atoms with E-state index < -0.39 is 5.54 Å². The average Bonchev–Trinajstić information content (AvgIpc) is 2.95. The lowest BCUT2D eigenvalue weighted by molar-refractivity contribution is -0.124. The number of rotatable bonds is 7. The molecule has 2 atom stereocenters. The minimum absolute atomic E-state index is 0.240. The van der Waals surface area contributed by atoms with Crippen LogP contribution in [0.2, 0.25) is 0 Å². The van der Waals surface area contributed by atoms with Gasteiger partial charge in [-0.3, -0.25) is 9.69 Å². The van der Waals surface area contributed by atoms with Crippen LogP contribution in [0.5, 0.6) is 0 Å². The number of nitrogens with two attached hydrogens (primary N) is 1. The molecule has 1 amide bonds. The van der Waals surface area contributed by atoms with Crippen molar-refractivity contribution >= 4 is 5.91 Å². The van der Waals surface area contributed by atoms with Crippen LogP contribution in [0, 0.1) is 0 Å². The molecule has 0 aliphatic carbocycles. The van der Waals surface area contributed by atoms with Crippen molar-refractivity contribution in [3.8, 4) is 0 Å². The maximum Gasteiger partial charge on any atom is 0.237 e. The van der Waals surface area contributed by atoms with Crippen LogP contribution in [0.1, 0.15) is 46.0 Å². The van der Waals surface area contributed by atoms with Crippen LogP contribution in [-0.4, -0.2) is 66.6 Å². The molecule has 2 rings (SSSR count). The molecular formula is C16H32N4O. The summed E-state index contributed by atoms with van der Waals surface area (Å²) in [7, 11) is 0. The first-order valence-electron chi connectivity index (χ1n) is 8.56. The molecule has 2 heterocycles. The van der Waals surface area contributed by atoms with Crippen LogP contribution in [-0.2, 0) is 4.79 Å². The average molecular weight is 296 g/mol. The van der Waals surface area contributed by atoms with Crippen molar-refractivity contribution < 1.29 is 4.79 Å². The fraction of sp³-hybridized carbons (Fsp3) is 0.938. The molecule has 5 nitrogen and oxygen atoms in total. The molecule has 2 aliphatic heterocycles. The van der Waals surface area contributed by atoms with E-state index in [1.54, 1.807) is 0 Å². The molecule has 2 unspecified atom stereocenters. The van der Waals surface area contributed by atoms with Crippen molar-refractivity contribution in [1.29, 1.82) is 0 Å². The van der Waals surface area contributed by atoms with E-state index in [4.69, 9.17) is 5.73 Å². The van der Waals surface area contributed by atoms with Gasteiger partial charge in [0.1, 0.15) is 0 Å². The standard InChI is InChI=1S/C16H32N4O/c1-3-18-16(2,15(17)21)8-12-19-11-7-14(13-19)20-9-5-4-6-10-20/h14,18H,3-13H2,1-2H3,(H2,17,21). The summed E-state index contributed by atoms with van der Waals surface area (Å²) in [6.45, 7) is 10.5. The second kappa shape index (κ2) is 7.56. The van der Waals surface area contributed by atoms with E-state index in [1.807, 2.05) is 13.8 Å². The third-order valence-electron chi connectivity index (χ3n) is 5.19. The Hall–Kier alpha value is -0.650. The van der Waals surface area contributed by atoms with Crippen molar-refractivity contribution in [3.63, 3.8) is 0 Å². The molecule has 2 fully saturated rings. The maximum absolute atomic E-state index is 11.7. The smallest absolute Gasteiger partial charge is 0.237 e. The Bertz CT molecular complexity index is 343. The van der Waals surface area contributed by atoms with Crippen LogP contribution in [0.4, 0.5) is 0 Å². The SMILES string of the molecule is CCNC(C)(CCN1CCC(N2CCCCC2)C1)C(N)=O. The summed E-state index contributed by atoms with van der Waals surface area (Å²) in [6.07, 6.45) is 6.18. The first kappa shape index (κ1) is 16.7. The fourth-order valence-corrected chi connectivity index (χ4v) is 3.67. The van der Waals surface area contributed by atoms with Crippen LogP contribution < -0.4 is 11.1 Å². The quantitative estimate of drug-likeness (QED) is 0.729. The third-order valence-corrected chi connectivity index (χ3v) is 5.19. The lowest BCUT2D eigenvalue weighted by Crippen LogP contribution is -2.54. The van der Waals surface area contributed by atoms with E-state index in [0.717, 1.165) is 38.6 Å². The summed E-state index contributed by atoms with van der Waals surface area (Å²) < 4.78 is 0. The second-order valence-electron chi connectivity index (χ2n) is 6.82. The predicted molar refractivity (Wildman–Crippen MR) is 86.2 cm³/mol. The number of likely N-dealkylation sites (tertiary alicyclic amines) is 2. The molecule has 21 heavy (non-hydrogen) atoms. The molecule has 0 saturated carbocycles. The number of hydrogen-bond donors (Lipinski definition) is 2. The summed E-state index contributed by atoms with van der Waals surface area (Å²) in [5.74, 6) is -0.240. The van der Waals surface area contributed by atoms with Gasteiger partial charge in [-0.05, 0) is 58.8 Å². The minimum atomic E-state index is -0.571. The molecule has 2 saturated heterocycles. The number of primary amides is 1. The van der Waals surface area contributed by atoms with Gasteiger partial charge in [0.05, 0.1) is 5.54 Å².